The van der Waals surface area contributed by atoms with E-state index in [1.165, 1.54) is 25.3 Å². The number of hydrogen-bond acceptors (Lipinski definition) is 3. The highest BCUT2D eigenvalue weighted by Crippen LogP contribution is 2.29. The smallest absolute Gasteiger partial charge is 0.269 e. The summed E-state index contributed by atoms with van der Waals surface area (Å²) >= 11 is 6.31. The normalized spacial score (nSPS) is 12.0. The summed E-state index contributed by atoms with van der Waals surface area (Å²) in [7, 11) is 1.39. The maximum Gasteiger partial charge on any atom is 0.269 e. The minimum atomic E-state index is -0.452. The van der Waals surface area contributed by atoms with Gasteiger partial charge in [-0.2, -0.15) is 0 Å². The largest absolute Gasteiger partial charge is 0.494 e. The number of halogens is 2. The first-order valence-electron chi connectivity index (χ1n) is 6.22. The molecule has 110 valence electrons. The Morgan fingerprint density at radius 1 is 1.29 bits per heavy atom. The summed E-state index contributed by atoms with van der Waals surface area (Å²) in [6.45, 7) is 0. The Bertz CT molecular complexity index is 646. The minimum Gasteiger partial charge on any atom is -0.494 e. The van der Waals surface area contributed by atoms with Crippen LogP contribution in [0.3, 0.4) is 0 Å². The van der Waals surface area contributed by atoms with E-state index in [2.05, 4.69) is 0 Å². The van der Waals surface area contributed by atoms with Crippen molar-refractivity contribution in [3.8, 4) is 5.75 Å². The molecule has 21 heavy (non-hydrogen) atoms. The van der Waals surface area contributed by atoms with Crippen molar-refractivity contribution >= 4 is 17.3 Å². The fourth-order valence-electron chi connectivity index (χ4n) is 1.95. The summed E-state index contributed by atoms with van der Waals surface area (Å²) in [6, 6.07) is 10.6. The maximum absolute atomic E-state index is 13.3. The number of benzene rings is 2. The molecule has 0 amide bonds. The van der Waals surface area contributed by atoms with Gasteiger partial charge in [0.05, 0.1) is 17.4 Å². The van der Waals surface area contributed by atoms with Crippen LogP contribution < -0.4 is 4.74 Å². The molecule has 2 rings (SSSR count). The third-order valence-electron chi connectivity index (χ3n) is 3.10. The van der Waals surface area contributed by atoms with Gasteiger partial charge in [-0.15, -0.1) is 11.6 Å². The Labute approximate surface area is 126 Å². The van der Waals surface area contributed by atoms with Crippen molar-refractivity contribution in [2.24, 2.45) is 0 Å². The van der Waals surface area contributed by atoms with Crippen molar-refractivity contribution in [1.29, 1.82) is 0 Å². The van der Waals surface area contributed by atoms with Gasteiger partial charge in [0, 0.05) is 12.1 Å². The molecule has 4 nitrogen and oxygen atoms in total. The fourth-order valence-corrected chi connectivity index (χ4v) is 2.26. The highest BCUT2D eigenvalue weighted by Gasteiger charge is 2.13. The van der Waals surface area contributed by atoms with E-state index in [0.717, 1.165) is 11.1 Å². The third kappa shape index (κ3) is 3.70. The Balaban J connectivity index is 2.13. The SMILES string of the molecule is COc1cc(C(Cl)Cc2ccc([N+](=O)[O-])cc2)ccc1F. The van der Waals surface area contributed by atoms with Crippen LogP contribution in [-0.4, -0.2) is 12.0 Å². The monoisotopic (exact) mass is 309 g/mol. The molecule has 0 fully saturated rings. The predicted molar refractivity (Wildman–Crippen MR) is 78.3 cm³/mol. The van der Waals surface area contributed by atoms with Crippen LogP contribution in [-0.2, 0) is 6.42 Å². The number of non-ortho nitro benzene ring substituents is 1. The second-order valence-corrected chi connectivity index (χ2v) is 5.02. The van der Waals surface area contributed by atoms with Gasteiger partial charge < -0.3 is 4.74 Å². The van der Waals surface area contributed by atoms with Crippen LogP contribution in [0, 0.1) is 15.9 Å². The van der Waals surface area contributed by atoms with Crippen LogP contribution in [0.25, 0.3) is 0 Å². The van der Waals surface area contributed by atoms with Gasteiger partial charge in [0.25, 0.3) is 5.69 Å². The van der Waals surface area contributed by atoms with Gasteiger partial charge in [-0.25, -0.2) is 4.39 Å². The van der Waals surface area contributed by atoms with Crippen LogP contribution in [0.5, 0.6) is 5.75 Å². The number of rotatable bonds is 5. The zero-order valence-electron chi connectivity index (χ0n) is 11.3. The summed E-state index contributed by atoms with van der Waals surface area (Å²) in [4.78, 5) is 10.1. The van der Waals surface area contributed by atoms with Crippen LogP contribution in [0.4, 0.5) is 10.1 Å². The van der Waals surface area contributed by atoms with Gasteiger partial charge in [-0.05, 0) is 29.7 Å². The van der Waals surface area contributed by atoms with E-state index in [1.54, 1.807) is 24.3 Å². The molecule has 0 heterocycles. The van der Waals surface area contributed by atoms with E-state index >= 15 is 0 Å². The van der Waals surface area contributed by atoms with Gasteiger partial charge in [0.1, 0.15) is 0 Å². The number of alkyl halides is 1. The molecule has 0 aliphatic rings. The molecular weight excluding hydrogens is 297 g/mol. The Morgan fingerprint density at radius 2 is 1.95 bits per heavy atom. The average molecular weight is 310 g/mol. The standard InChI is InChI=1S/C15H13ClFNO3/c1-21-15-9-11(4-7-14(15)17)13(16)8-10-2-5-12(6-3-10)18(19)20/h2-7,9,13H,8H2,1H3. The molecule has 1 atom stereocenters. The molecule has 0 saturated heterocycles. The van der Waals surface area contributed by atoms with E-state index in [-0.39, 0.29) is 16.8 Å². The lowest BCUT2D eigenvalue weighted by Crippen LogP contribution is -1.98. The molecule has 0 bridgehead atoms. The molecular formula is C15H13ClFNO3. The molecule has 0 saturated carbocycles. The topological polar surface area (TPSA) is 52.4 Å². The summed E-state index contributed by atoms with van der Waals surface area (Å²) in [5.41, 5.74) is 1.63. The van der Waals surface area contributed by atoms with Gasteiger partial charge >= 0.3 is 0 Å². The van der Waals surface area contributed by atoms with Crippen molar-refractivity contribution in [3.63, 3.8) is 0 Å². The first-order valence-corrected chi connectivity index (χ1v) is 6.65. The quantitative estimate of drug-likeness (QED) is 0.471. The Kier molecular flexibility index (Phi) is 4.75. The van der Waals surface area contributed by atoms with Crippen molar-refractivity contribution in [3.05, 3.63) is 69.5 Å². The molecule has 2 aromatic rings. The van der Waals surface area contributed by atoms with Crippen molar-refractivity contribution in [2.45, 2.75) is 11.8 Å². The molecule has 6 heteroatoms. The summed E-state index contributed by atoms with van der Waals surface area (Å²) < 4.78 is 18.3. The molecule has 2 aromatic carbocycles. The van der Waals surface area contributed by atoms with Gasteiger partial charge in [-0.1, -0.05) is 18.2 Å². The van der Waals surface area contributed by atoms with E-state index < -0.39 is 10.7 Å². The lowest BCUT2D eigenvalue weighted by atomic mass is 10.0. The number of hydrogen-bond donors (Lipinski definition) is 0. The van der Waals surface area contributed by atoms with E-state index in [0.29, 0.717) is 6.42 Å². The summed E-state index contributed by atoms with van der Waals surface area (Å²) in [6.07, 6.45) is 0.480. The van der Waals surface area contributed by atoms with E-state index in [1.807, 2.05) is 0 Å². The van der Waals surface area contributed by atoms with Gasteiger partial charge in [-0.3, -0.25) is 10.1 Å². The van der Waals surface area contributed by atoms with Gasteiger partial charge in [0.15, 0.2) is 11.6 Å². The highest BCUT2D eigenvalue weighted by atomic mass is 35.5. The predicted octanol–water partition coefficient (Wildman–Crippen LogP) is 4.27. The van der Waals surface area contributed by atoms with Crippen LogP contribution >= 0.6 is 11.6 Å². The second kappa shape index (κ2) is 6.54. The molecule has 0 N–H and O–H groups in total. The fraction of sp³-hybridized carbons (Fsp3) is 0.200. The molecule has 0 spiro atoms. The average Bonchev–Trinajstić information content (AvgIpc) is 2.48. The molecule has 0 aliphatic heterocycles. The highest BCUT2D eigenvalue weighted by molar-refractivity contribution is 6.20. The summed E-state index contributed by atoms with van der Waals surface area (Å²) in [5, 5.41) is 10.2. The summed E-state index contributed by atoms with van der Waals surface area (Å²) in [5.74, 6) is -0.303. The van der Waals surface area contributed by atoms with Crippen molar-refractivity contribution in [2.75, 3.05) is 7.11 Å². The molecule has 1 unspecified atom stereocenters. The van der Waals surface area contributed by atoms with Crippen LogP contribution in [0.1, 0.15) is 16.5 Å². The molecule has 0 aliphatic carbocycles. The molecule has 0 aromatic heterocycles. The number of nitro benzene ring substituents is 1. The van der Waals surface area contributed by atoms with Crippen LogP contribution in [0.15, 0.2) is 42.5 Å². The maximum atomic E-state index is 13.3. The Morgan fingerprint density at radius 3 is 2.52 bits per heavy atom. The first-order chi connectivity index (χ1) is 10.0. The van der Waals surface area contributed by atoms with Gasteiger partial charge in [0.2, 0.25) is 0 Å². The second-order valence-electron chi connectivity index (χ2n) is 4.49. The minimum absolute atomic E-state index is 0.0355. The third-order valence-corrected chi connectivity index (χ3v) is 3.51. The number of methoxy groups -OCH3 is 1. The first kappa shape index (κ1) is 15.3. The van der Waals surface area contributed by atoms with Crippen molar-refractivity contribution < 1.29 is 14.1 Å². The van der Waals surface area contributed by atoms with Crippen LogP contribution in [0.2, 0.25) is 0 Å². The lowest BCUT2D eigenvalue weighted by Gasteiger charge is -2.12. The molecule has 0 radical (unpaired) electrons. The zero-order valence-corrected chi connectivity index (χ0v) is 12.0. The number of ether oxygens (including phenoxy) is 1. The van der Waals surface area contributed by atoms with Crippen molar-refractivity contribution in [1.82, 2.24) is 0 Å². The number of nitrogens with zero attached hydrogens (tertiary/aromatic N) is 1. The zero-order chi connectivity index (χ0) is 15.4. The van der Waals surface area contributed by atoms with E-state index in [9.17, 15) is 14.5 Å². The number of nitro groups is 1. The lowest BCUT2D eigenvalue weighted by molar-refractivity contribution is -0.384. The van der Waals surface area contributed by atoms with E-state index in [4.69, 9.17) is 16.3 Å². The Hall–Kier alpha value is -2.14.